The summed E-state index contributed by atoms with van der Waals surface area (Å²) in [5.41, 5.74) is 2.69. The predicted octanol–water partition coefficient (Wildman–Crippen LogP) is 2.77. The third-order valence-corrected chi connectivity index (χ3v) is 3.60. The fourth-order valence-corrected chi connectivity index (χ4v) is 2.35. The van der Waals surface area contributed by atoms with Crippen molar-refractivity contribution in [2.45, 2.75) is 18.8 Å². The van der Waals surface area contributed by atoms with Gasteiger partial charge in [-0.2, -0.15) is 12.6 Å². The number of rotatable bonds is 4. The number of para-hydroxylation sites is 1. The Bertz CT molecular complexity index is 623. The van der Waals surface area contributed by atoms with Gasteiger partial charge in [-0.3, -0.25) is 9.78 Å². The van der Waals surface area contributed by atoms with E-state index < -0.39 is 0 Å². The number of nitrogens with one attached hydrogen (secondary N) is 1. The van der Waals surface area contributed by atoms with Crippen LogP contribution in [-0.4, -0.2) is 23.2 Å². The number of aromatic nitrogens is 1. The Hall–Kier alpha value is -1.55. The van der Waals surface area contributed by atoms with Gasteiger partial charge in [0.1, 0.15) is 0 Å². The molecule has 0 unspecified atom stereocenters. The summed E-state index contributed by atoms with van der Waals surface area (Å²) in [6.45, 7) is 0.581. The van der Waals surface area contributed by atoms with Crippen LogP contribution in [0.2, 0.25) is 0 Å². The van der Waals surface area contributed by atoms with Crippen LogP contribution in [0, 0.1) is 0 Å². The molecule has 1 aromatic heterocycles. The second kappa shape index (κ2) is 5.21. The maximum Gasteiger partial charge on any atom is 0.252 e. The normalized spacial score (nSPS) is 14.6. The smallest absolute Gasteiger partial charge is 0.252 e. The summed E-state index contributed by atoms with van der Waals surface area (Å²) in [6.07, 6.45) is 2.37. The van der Waals surface area contributed by atoms with Crippen molar-refractivity contribution in [3.8, 4) is 0 Å². The van der Waals surface area contributed by atoms with E-state index in [9.17, 15) is 4.79 Å². The van der Waals surface area contributed by atoms with E-state index >= 15 is 0 Å². The number of carbonyl (C=O) groups excluding carboxylic acids is 1. The monoisotopic (exact) mass is 272 g/mol. The molecule has 1 N–H and O–H groups in total. The van der Waals surface area contributed by atoms with Gasteiger partial charge in [-0.15, -0.1) is 0 Å². The van der Waals surface area contributed by atoms with E-state index in [0.717, 1.165) is 22.2 Å². The van der Waals surface area contributed by atoms with Gasteiger partial charge in [0.05, 0.1) is 11.1 Å². The fraction of sp³-hybridized carbons (Fsp3) is 0.333. The standard InChI is InChI=1S/C15H16N2OS/c18-15(16-7-8-19)12-9-14(10-5-6-10)17-13-4-2-1-3-11(12)13/h1-4,9-10,19H,5-8H2,(H,16,18). The van der Waals surface area contributed by atoms with Crippen LogP contribution in [0.5, 0.6) is 0 Å². The molecule has 0 saturated heterocycles. The van der Waals surface area contributed by atoms with E-state index in [4.69, 9.17) is 0 Å². The summed E-state index contributed by atoms with van der Waals surface area (Å²) in [5, 5.41) is 3.80. The summed E-state index contributed by atoms with van der Waals surface area (Å²) >= 11 is 4.12. The van der Waals surface area contributed by atoms with Crippen LogP contribution in [0.1, 0.15) is 34.8 Å². The van der Waals surface area contributed by atoms with Crippen molar-refractivity contribution in [1.82, 2.24) is 10.3 Å². The van der Waals surface area contributed by atoms with Crippen molar-refractivity contribution < 1.29 is 4.79 Å². The van der Waals surface area contributed by atoms with Gasteiger partial charge in [-0.25, -0.2) is 0 Å². The summed E-state index contributed by atoms with van der Waals surface area (Å²) in [6, 6.07) is 9.77. The van der Waals surface area contributed by atoms with Gasteiger partial charge in [-0.05, 0) is 25.0 Å². The van der Waals surface area contributed by atoms with Crippen molar-refractivity contribution in [3.63, 3.8) is 0 Å². The maximum atomic E-state index is 12.2. The molecule has 1 amide bonds. The zero-order valence-electron chi connectivity index (χ0n) is 10.6. The fourth-order valence-electron chi connectivity index (χ4n) is 2.24. The molecule has 3 nitrogen and oxygen atoms in total. The molecule has 1 saturated carbocycles. The van der Waals surface area contributed by atoms with Crippen molar-refractivity contribution in [1.29, 1.82) is 0 Å². The second-order valence-corrected chi connectivity index (χ2v) is 5.31. The number of benzene rings is 1. The lowest BCUT2D eigenvalue weighted by Gasteiger charge is -2.09. The molecule has 0 atom stereocenters. The molecule has 1 aliphatic carbocycles. The predicted molar refractivity (Wildman–Crippen MR) is 79.9 cm³/mol. The lowest BCUT2D eigenvalue weighted by Crippen LogP contribution is -2.25. The molecule has 1 aliphatic rings. The van der Waals surface area contributed by atoms with Crippen molar-refractivity contribution in [2.75, 3.05) is 12.3 Å². The van der Waals surface area contributed by atoms with Crippen LogP contribution in [0.3, 0.4) is 0 Å². The first-order valence-corrected chi connectivity index (χ1v) is 7.21. The number of carbonyl (C=O) groups is 1. The number of hydrogen-bond donors (Lipinski definition) is 2. The molecular weight excluding hydrogens is 256 g/mol. The summed E-state index contributed by atoms with van der Waals surface area (Å²) in [5.74, 6) is 1.15. The number of thiol groups is 1. The first-order valence-electron chi connectivity index (χ1n) is 6.58. The largest absolute Gasteiger partial charge is 0.351 e. The summed E-state index contributed by atoms with van der Waals surface area (Å²) in [4.78, 5) is 16.9. The first kappa shape index (κ1) is 12.5. The van der Waals surface area contributed by atoms with E-state index in [0.29, 0.717) is 18.2 Å². The van der Waals surface area contributed by atoms with Crippen LogP contribution >= 0.6 is 12.6 Å². The van der Waals surface area contributed by atoms with E-state index in [1.165, 1.54) is 12.8 Å². The Morgan fingerprint density at radius 3 is 2.89 bits per heavy atom. The number of nitrogens with zero attached hydrogens (tertiary/aromatic N) is 1. The van der Waals surface area contributed by atoms with Crippen molar-refractivity contribution in [3.05, 3.63) is 41.6 Å². The van der Waals surface area contributed by atoms with E-state index in [2.05, 4.69) is 22.9 Å². The minimum absolute atomic E-state index is 0.0328. The minimum Gasteiger partial charge on any atom is -0.351 e. The molecule has 1 heterocycles. The zero-order chi connectivity index (χ0) is 13.2. The number of fused-ring (bicyclic) bond motifs is 1. The molecule has 0 radical (unpaired) electrons. The highest BCUT2D eigenvalue weighted by Crippen LogP contribution is 2.40. The molecule has 0 spiro atoms. The summed E-state index contributed by atoms with van der Waals surface area (Å²) < 4.78 is 0. The Morgan fingerprint density at radius 1 is 1.37 bits per heavy atom. The highest BCUT2D eigenvalue weighted by molar-refractivity contribution is 7.80. The molecule has 98 valence electrons. The molecular formula is C15H16N2OS. The molecule has 1 fully saturated rings. The van der Waals surface area contributed by atoms with Gasteiger partial charge in [0.25, 0.3) is 5.91 Å². The Balaban J connectivity index is 2.06. The average Bonchev–Trinajstić information content (AvgIpc) is 3.28. The van der Waals surface area contributed by atoms with Gasteiger partial charge in [0, 0.05) is 29.3 Å². The SMILES string of the molecule is O=C(NCCS)c1cc(C2CC2)nc2ccccc12. The number of amides is 1. The quantitative estimate of drug-likeness (QED) is 0.840. The Labute approximate surface area is 117 Å². The molecule has 4 heteroatoms. The molecule has 2 aromatic rings. The molecule has 19 heavy (non-hydrogen) atoms. The van der Waals surface area contributed by atoms with E-state index in [1.54, 1.807) is 0 Å². The first-order chi connectivity index (χ1) is 9.29. The van der Waals surface area contributed by atoms with E-state index in [-0.39, 0.29) is 5.91 Å². The topological polar surface area (TPSA) is 42.0 Å². The van der Waals surface area contributed by atoms with Gasteiger partial charge < -0.3 is 5.32 Å². The van der Waals surface area contributed by atoms with Crippen molar-refractivity contribution in [2.24, 2.45) is 0 Å². The van der Waals surface area contributed by atoms with Crippen LogP contribution in [-0.2, 0) is 0 Å². The van der Waals surface area contributed by atoms with Gasteiger partial charge in [0.15, 0.2) is 0 Å². The van der Waals surface area contributed by atoms with E-state index in [1.807, 2.05) is 30.3 Å². The van der Waals surface area contributed by atoms with Crippen molar-refractivity contribution >= 4 is 29.4 Å². The maximum absolute atomic E-state index is 12.2. The van der Waals surface area contributed by atoms with Crippen LogP contribution < -0.4 is 5.32 Å². The molecule has 0 bridgehead atoms. The number of hydrogen-bond acceptors (Lipinski definition) is 3. The van der Waals surface area contributed by atoms with Gasteiger partial charge in [0.2, 0.25) is 0 Å². The number of pyridine rings is 1. The lowest BCUT2D eigenvalue weighted by atomic mass is 10.1. The Kier molecular flexibility index (Phi) is 3.42. The molecule has 3 rings (SSSR count). The zero-order valence-corrected chi connectivity index (χ0v) is 11.5. The Morgan fingerprint density at radius 2 is 2.16 bits per heavy atom. The highest BCUT2D eigenvalue weighted by Gasteiger charge is 2.26. The van der Waals surface area contributed by atoms with Gasteiger partial charge in [-0.1, -0.05) is 18.2 Å². The van der Waals surface area contributed by atoms with Crippen LogP contribution in [0.25, 0.3) is 10.9 Å². The van der Waals surface area contributed by atoms with Crippen LogP contribution in [0.4, 0.5) is 0 Å². The molecule has 1 aromatic carbocycles. The van der Waals surface area contributed by atoms with Gasteiger partial charge >= 0.3 is 0 Å². The molecule has 0 aliphatic heterocycles. The summed E-state index contributed by atoms with van der Waals surface area (Å²) in [7, 11) is 0. The van der Waals surface area contributed by atoms with Crippen LogP contribution in [0.15, 0.2) is 30.3 Å². The third kappa shape index (κ3) is 2.59. The minimum atomic E-state index is -0.0328. The third-order valence-electron chi connectivity index (χ3n) is 3.37. The average molecular weight is 272 g/mol. The highest BCUT2D eigenvalue weighted by atomic mass is 32.1. The second-order valence-electron chi connectivity index (χ2n) is 4.87. The lowest BCUT2D eigenvalue weighted by molar-refractivity contribution is 0.0957.